The van der Waals surface area contributed by atoms with Crippen molar-refractivity contribution in [1.82, 2.24) is 9.97 Å². The highest BCUT2D eigenvalue weighted by Crippen LogP contribution is 2.32. The molecule has 0 saturated carbocycles. The van der Waals surface area contributed by atoms with E-state index in [9.17, 15) is 21.6 Å². The average molecular weight is 516 g/mol. The summed E-state index contributed by atoms with van der Waals surface area (Å²) in [6.45, 7) is 0.150. The summed E-state index contributed by atoms with van der Waals surface area (Å²) in [5.74, 6) is -0.756. The SMILES string of the molecule is CS(=O)(=O)c1ccc2nc(N(Cc3cccnc3)C(=O)CCS(=O)(=O)c3ccccc3)sc2c1. The van der Waals surface area contributed by atoms with Crippen LogP contribution in [0.2, 0.25) is 0 Å². The lowest BCUT2D eigenvalue weighted by atomic mass is 10.2. The first-order valence-corrected chi connectivity index (χ1v) is 14.6. The van der Waals surface area contributed by atoms with Crippen LogP contribution in [0.1, 0.15) is 12.0 Å². The zero-order valence-corrected chi connectivity index (χ0v) is 20.6. The van der Waals surface area contributed by atoms with E-state index in [1.807, 2.05) is 6.07 Å². The molecule has 1 amide bonds. The lowest BCUT2D eigenvalue weighted by Gasteiger charge is -2.20. The van der Waals surface area contributed by atoms with Gasteiger partial charge in [0.15, 0.2) is 24.8 Å². The predicted molar refractivity (Wildman–Crippen MR) is 131 cm³/mol. The van der Waals surface area contributed by atoms with E-state index in [1.165, 1.54) is 40.5 Å². The Hall–Kier alpha value is -3.15. The third kappa shape index (κ3) is 5.49. The fraction of sp³-hybridized carbons (Fsp3) is 0.174. The second-order valence-corrected chi connectivity index (χ2v) is 12.8. The van der Waals surface area contributed by atoms with Gasteiger partial charge in [-0.1, -0.05) is 35.6 Å². The molecule has 4 aromatic rings. The standard InChI is InChI=1S/C23H21N3O5S3/c1-33(28,29)19-9-10-20-21(14-19)32-23(25-20)26(16-17-6-5-12-24-15-17)22(27)11-13-34(30,31)18-7-3-2-4-8-18/h2-10,12,14-15H,11,13,16H2,1H3. The van der Waals surface area contributed by atoms with Crippen molar-refractivity contribution >= 4 is 52.3 Å². The van der Waals surface area contributed by atoms with Crippen molar-refractivity contribution in [2.45, 2.75) is 22.8 Å². The minimum absolute atomic E-state index is 0.150. The second kappa shape index (κ2) is 9.61. The molecule has 0 aliphatic rings. The number of thiazole rings is 1. The zero-order valence-electron chi connectivity index (χ0n) is 18.2. The van der Waals surface area contributed by atoms with Crippen LogP contribution in [0, 0.1) is 0 Å². The summed E-state index contributed by atoms with van der Waals surface area (Å²) in [6.07, 6.45) is 4.13. The number of pyridine rings is 1. The summed E-state index contributed by atoms with van der Waals surface area (Å²) in [5.41, 5.74) is 1.30. The lowest BCUT2D eigenvalue weighted by Crippen LogP contribution is -2.31. The number of carbonyl (C=O) groups excluding carboxylic acids is 1. The second-order valence-electron chi connectivity index (χ2n) is 7.62. The molecule has 0 spiro atoms. The van der Waals surface area contributed by atoms with Gasteiger partial charge < -0.3 is 0 Å². The fourth-order valence-corrected chi connectivity index (χ4v) is 6.27. The molecule has 0 fully saturated rings. The molecule has 8 nitrogen and oxygen atoms in total. The Kier molecular flexibility index (Phi) is 6.78. The molecule has 0 aliphatic carbocycles. The molecule has 0 radical (unpaired) electrons. The Balaban J connectivity index is 1.65. The molecule has 0 atom stereocenters. The van der Waals surface area contributed by atoms with Crippen LogP contribution in [0.15, 0.2) is 82.8 Å². The van der Waals surface area contributed by atoms with Crippen LogP contribution in [-0.4, -0.2) is 44.7 Å². The van der Waals surface area contributed by atoms with E-state index in [0.717, 1.165) is 11.8 Å². The number of anilines is 1. The summed E-state index contributed by atoms with van der Waals surface area (Å²) in [4.78, 5) is 23.6. The van der Waals surface area contributed by atoms with Crippen LogP contribution >= 0.6 is 11.3 Å². The number of nitrogens with zero attached hydrogens (tertiary/aromatic N) is 3. The van der Waals surface area contributed by atoms with Crippen molar-refractivity contribution in [2.75, 3.05) is 16.9 Å². The van der Waals surface area contributed by atoms with Crippen LogP contribution in [0.4, 0.5) is 5.13 Å². The van der Waals surface area contributed by atoms with Gasteiger partial charge in [-0.25, -0.2) is 21.8 Å². The number of hydrogen-bond donors (Lipinski definition) is 0. The molecule has 4 rings (SSSR count). The Morgan fingerprint density at radius 3 is 2.41 bits per heavy atom. The molecule has 2 aromatic carbocycles. The van der Waals surface area contributed by atoms with E-state index in [4.69, 9.17) is 0 Å². The summed E-state index contributed by atoms with van der Waals surface area (Å²) in [5, 5.41) is 0.353. The highest BCUT2D eigenvalue weighted by atomic mass is 32.2. The van der Waals surface area contributed by atoms with Crippen LogP contribution < -0.4 is 4.90 Å². The van der Waals surface area contributed by atoms with Gasteiger partial charge in [0.1, 0.15) is 0 Å². The fourth-order valence-electron chi connectivity index (χ4n) is 3.28. The number of sulfone groups is 2. The maximum Gasteiger partial charge on any atom is 0.230 e. The van der Waals surface area contributed by atoms with Crippen LogP contribution in [0.5, 0.6) is 0 Å². The Morgan fingerprint density at radius 2 is 1.74 bits per heavy atom. The van der Waals surface area contributed by atoms with E-state index in [1.54, 1.807) is 42.7 Å². The number of hydrogen-bond acceptors (Lipinski definition) is 8. The highest BCUT2D eigenvalue weighted by molar-refractivity contribution is 7.91. The number of rotatable bonds is 8. The summed E-state index contributed by atoms with van der Waals surface area (Å²) >= 11 is 1.17. The molecule has 176 valence electrons. The third-order valence-electron chi connectivity index (χ3n) is 5.06. The first kappa shape index (κ1) is 24.0. The number of amides is 1. The quantitative estimate of drug-likeness (QED) is 0.353. The topological polar surface area (TPSA) is 114 Å². The number of benzene rings is 2. The summed E-state index contributed by atoms with van der Waals surface area (Å²) < 4.78 is 49.8. The van der Waals surface area contributed by atoms with Crippen molar-refractivity contribution < 1.29 is 21.6 Å². The third-order valence-corrected chi connectivity index (χ3v) is 8.94. The van der Waals surface area contributed by atoms with E-state index in [-0.39, 0.29) is 28.5 Å². The van der Waals surface area contributed by atoms with Crippen molar-refractivity contribution in [3.63, 3.8) is 0 Å². The number of carbonyl (C=O) groups is 1. The zero-order chi connectivity index (χ0) is 24.3. The molecule has 34 heavy (non-hydrogen) atoms. The molecular formula is C23H21N3O5S3. The Morgan fingerprint density at radius 1 is 0.971 bits per heavy atom. The maximum atomic E-state index is 13.2. The predicted octanol–water partition coefficient (Wildman–Crippen LogP) is 3.49. The molecule has 0 bridgehead atoms. The monoisotopic (exact) mass is 515 g/mol. The van der Waals surface area contributed by atoms with Gasteiger partial charge in [0.05, 0.1) is 32.3 Å². The van der Waals surface area contributed by atoms with E-state index >= 15 is 0 Å². The van der Waals surface area contributed by atoms with Gasteiger partial charge in [-0.15, -0.1) is 0 Å². The summed E-state index contributed by atoms with van der Waals surface area (Å²) in [6, 6.07) is 16.1. The maximum absolute atomic E-state index is 13.2. The van der Waals surface area contributed by atoms with Crippen molar-refractivity contribution in [2.24, 2.45) is 0 Å². The smallest absolute Gasteiger partial charge is 0.230 e. The van der Waals surface area contributed by atoms with Gasteiger partial charge in [0, 0.05) is 25.1 Å². The Bertz CT molecular complexity index is 1530. The van der Waals surface area contributed by atoms with Crippen molar-refractivity contribution in [3.05, 3.63) is 78.6 Å². The highest BCUT2D eigenvalue weighted by Gasteiger charge is 2.24. The molecule has 0 saturated heterocycles. The van der Waals surface area contributed by atoms with Gasteiger partial charge in [-0.2, -0.15) is 0 Å². The van der Waals surface area contributed by atoms with Gasteiger partial charge >= 0.3 is 0 Å². The number of aromatic nitrogens is 2. The first-order chi connectivity index (χ1) is 16.1. The van der Waals surface area contributed by atoms with Gasteiger partial charge in [0.2, 0.25) is 5.91 Å². The van der Waals surface area contributed by atoms with Crippen molar-refractivity contribution in [1.29, 1.82) is 0 Å². The van der Waals surface area contributed by atoms with Gasteiger partial charge in [0.25, 0.3) is 0 Å². The molecule has 2 heterocycles. The van der Waals surface area contributed by atoms with Gasteiger partial charge in [-0.3, -0.25) is 14.7 Å². The molecule has 11 heteroatoms. The molecular weight excluding hydrogens is 494 g/mol. The van der Waals surface area contributed by atoms with E-state index < -0.39 is 25.6 Å². The van der Waals surface area contributed by atoms with Crippen molar-refractivity contribution in [3.8, 4) is 0 Å². The van der Waals surface area contributed by atoms with Crippen LogP contribution in [0.25, 0.3) is 10.2 Å². The largest absolute Gasteiger partial charge is 0.284 e. The molecule has 2 aromatic heterocycles. The Labute approximate surface area is 201 Å². The average Bonchev–Trinajstić information content (AvgIpc) is 3.25. The first-order valence-electron chi connectivity index (χ1n) is 10.2. The molecule has 0 aliphatic heterocycles. The number of fused-ring (bicyclic) bond motifs is 1. The minimum atomic E-state index is -3.63. The van der Waals surface area contributed by atoms with Crippen LogP contribution in [-0.2, 0) is 31.0 Å². The normalized spacial score (nSPS) is 12.0. The van der Waals surface area contributed by atoms with E-state index in [2.05, 4.69) is 9.97 Å². The van der Waals surface area contributed by atoms with E-state index in [0.29, 0.717) is 15.3 Å². The molecule has 0 unspecified atom stereocenters. The van der Waals surface area contributed by atoms with Crippen LogP contribution in [0.3, 0.4) is 0 Å². The minimum Gasteiger partial charge on any atom is -0.284 e. The molecule has 0 N–H and O–H groups in total. The lowest BCUT2D eigenvalue weighted by molar-refractivity contribution is -0.118. The summed E-state index contributed by atoms with van der Waals surface area (Å²) in [7, 11) is -7.03. The van der Waals surface area contributed by atoms with Gasteiger partial charge in [-0.05, 0) is 42.0 Å².